The Balaban J connectivity index is 1.47. The van der Waals surface area contributed by atoms with E-state index in [0.717, 1.165) is 11.1 Å². The number of methoxy groups -OCH3 is 1. The van der Waals surface area contributed by atoms with Crippen LogP contribution in [0.1, 0.15) is 15.9 Å². The maximum Gasteiger partial charge on any atom is 0.338 e. The Labute approximate surface area is 164 Å². The number of rotatable bonds is 5. The minimum Gasteiger partial charge on any atom is -0.497 e. The number of hydrogen-bond acceptors (Lipinski definition) is 7. The number of pyridine rings is 1. The molecule has 4 aromatic rings. The van der Waals surface area contributed by atoms with Crippen molar-refractivity contribution in [3.63, 3.8) is 0 Å². The first-order chi connectivity index (χ1) is 13.6. The molecule has 140 valence electrons. The van der Waals surface area contributed by atoms with Gasteiger partial charge in [0.2, 0.25) is 0 Å². The van der Waals surface area contributed by atoms with Crippen LogP contribution < -0.4 is 4.74 Å². The summed E-state index contributed by atoms with van der Waals surface area (Å²) in [6.07, 6.45) is 1.47. The minimum atomic E-state index is -0.464. The fourth-order valence-corrected chi connectivity index (χ4v) is 2.85. The summed E-state index contributed by atoms with van der Waals surface area (Å²) in [6.45, 7) is 0.0153. The van der Waals surface area contributed by atoms with Gasteiger partial charge in [-0.3, -0.25) is 0 Å². The third kappa shape index (κ3) is 3.63. The fourth-order valence-electron chi connectivity index (χ4n) is 2.65. The van der Waals surface area contributed by atoms with E-state index >= 15 is 0 Å². The zero-order chi connectivity index (χ0) is 19.5. The number of carbonyl (C=O) groups excluding carboxylic acids is 1. The van der Waals surface area contributed by atoms with Crippen LogP contribution in [0.25, 0.3) is 16.6 Å². The Hall–Kier alpha value is -3.52. The van der Waals surface area contributed by atoms with Gasteiger partial charge in [0.25, 0.3) is 0 Å². The molecule has 0 bridgehead atoms. The quantitative estimate of drug-likeness (QED) is 0.378. The molecule has 28 heavy (non-hydrogen) atoms. The monoisotopic (exact) mass is 395 g/mol. The maximum atomic E-state index is 12.3. The Kier molecular flexibility index (Phi) is 4.86. The predicted molar refractivity (Wildman–Crippen MR) is 102 cm³/mol. The number of carbonyl (C=O) groups is 1. The van der Waals surface area contributed by atoms with E-state index in [1.54, 1.807) is 37.4 Å². The number of benzene rings is 2. The fraction of sp³-hybridized carbons (Fsp3) is 0.105. The third-order valence-corrected chi connectivity index (χ3v) is 4.45. The largest absolute Gasteiger partial charge is 0.497 e. The summed E-state index contributed by atoms with van der Waals surface area (Å²) < 4.78 is 12.1. The molecule has 0 fully saturated rings. The van der Waals surface area contributed by atoms with Gasteiger partial charge in [-0.2, -0.15) is 0 Å². The lowest BCUT2D eigenvalue weighted by atomic mass is 10.1. The SMILES string of the molecule is COc1ccc2cc(COC(=O)c3ccc(-n4cnnn4)cc3)c(Cl)nc2c1. The summed E-state index contributed by atoms with van der Waals surface area (Å²) in [5.74, 6) is 0.231. The number of hydrogen-bond donors (Lipinski definition) is 0. The summed E-state index contributed by atoms with van der Waals surface area (Å²) in [6, 6.07) is 14.1. The average molecular weight is 396 g/mol. The first kappa shape index (κ1) is 17.9. The summed E-state index contributed by atoms with van der Waals surface area (Å²) in [7, 11) is 1.59. The maximum absolute atomic E-state index is 12.3. The molecule has 0 atom stereocenters. The number of halogens is 1. The normalized spacial score (nSPS) is 10.8. The van der Waals surface area contributed by atoms with E-state index in [4.69, 9.17) is 21.1 Å². The smallest absolute Gasteiger partial charge is 0.338 e. The number of ether oxygens (including phenoxy) is 2. The van der Waals surface area contributed by atoms with Gasteiger partial charge in [0.1, 0.15) is 23.8 Å². The second kappa shape index (κ2) is 7.61. The molecule has 0 saturated heterocycles. The molecular weight excluding hydrogens is 382 g/mol. The first-order valence-corrected chi connectivity index (χ1v) is 8.65. The highest BCUT2D eigenvalue weighted by Crippen LogP contribution is 2.25. The van der Waals surface area contributed by atoms with Crippen LogP contribution in [-0.2, 0) is 11.3 Å². The van der Waals surface area contributed by atoms with Crippen molar-refractivity contribution in [1.82, 2.24) is 25.2 Å². The Morgan fingerprint density at radius 3 is 2.68 bits per heavy atom. The molecular formula is C19H14ClN5O3. The van der Waals surface area contributed by atoms with Crippen LogP contribution in [0.15, 0.2) is 54.9 Å². The number of fused-ring (bicyclic) bond motifs is 1. The highest BCUT2D eigenvalue weighted by Gasteiger charge is 2.11. The molecule has 0 radical (unpaired) electrons. The van der Waals surface area contributed by atoms with E-state index in [1.807, 2.05) is 18.2 Å². The van der Waals surface area contributed by atoms with E-state index in [-0.39, 0.29) is 11.8 Å². The first-order valence-electron chi connectivity index (χ1n) is 8.28. The van der Waals surface area contributed by atoms with Gasteiger partial charge in [-0.25, -0.2) is 14.5 Å². The molecule has 0 spiro atoms. The zero-order valence-corrected chi connectivity index (χ0v) is 15.5. The molecule has 2 heterocycles. The van der Waals surface area contributed by atoms with E-state index in [0.29, 0.717) is 22.4 Å². The molecule has 0 unspecified atom stereocenters. The predicted octanol–water partition coefficient (Wildman–Crippen LogP) is 3.23. The van der Waals surface area contributed by atoms with Crippen molar-refractivity contribution >= 4 is 28.5 Å². The Bertz CT molecular complexity index is 1130. The van der Waals surface area contributed by atoms with E-state index in [1.165, 1.54) is 11.0 Å². The molecule has 2 aromatic heterocycles. The molecule has 9 heteroatoms. The Morgan fingerprint density at radius 1 is 1.14 bits per heavy atom. The standard InChI is InChI=1S/C19H14ClN5O3/c1-27-16-7-4-13-8-14(18(20)22-17(13)9-16)10-28-19(26)12-2-5-15(6-3-12)25-11-21-23-24-25/h2-9,11H,10H2,1H3. The lowest BCUT2D eigenvalue weighted by Crippen LogP contribution is -2.06. The van der Waals surface area contributed by atoms with Crippen molar-refractivity contribution < 1.29 is 14.3 Å². The molecule has 0 amide bonds. The minimum absolute atomic E-state index is 0.0153. The second-order valence-electron chi connectivity index (χ2n) is 5.87. The molecule has 4 rings (SSSR count). The van der Waals surface area contributed by atoms with E-state index in [2.05, 4.69) is 20.5 Å². The molecule has 8 nitrogen and oxygen atoms in total. The Morgan fingerprint density at radius 2 is 1.96 bits per heavy atom. The highest BCUT2D eigenvalue weighted by molar-refractivity contribution is 6.30. The zero-order valence-electron chi connectivity index (χ0n) is 14.7. The number of tetrazole rings is 1. The lowest BCUT2D eigenvalue weighted by Gasteiger charge is -2.09. The molecule has 0 aliphatic heterocycles. The van der Waals surface area contributed by atoms with Crippen LogP contribution in [0.5, 0.6) is 5.75 Å². The van der Waals surface area contributed by atoms with Crippen LogP contribution in [0.4, 0.5) is 0 Å². The van der Waals surface area contributed by atoms with Crippen LogP contribution in [0.2, 0.25) is 5.15 Å². The van der Waals surface area contributed by atoms with E-state index in [9.17, 15) is 4.79 Å². The molecule has 0 aliphatic carbocycles. The number of esters is 1. The van der Waals surface area contributed by atoms with Gasteiger partial charge in [0.15, 0.2) is 0 Å². The second-order valence-corrected chi connectivity index (χ2v) is 6.23. The highest BCUT2D eigenvalue weighted by atomic mass is 35.5. The molecule has 0 aliphatic rings. The topological polar surface area (TPSA) is 92.0 Å². The molecule has 0 N–H and O–H groups in total. The van der Waals surface area contributed by atoms with Crippen molar-refractivity contribution in [3.8, 4) is 11.4 Å². The number of nitrogens with zero attached hydrogens (tertiary/aromatic N) is 5. The summed E-state index contributed by atoms with van der Waals surface area (Å²) in [5, 5.41) is 12.1. The third-order valence-electron chi connectivity index (χ3n) is 4.13. The van der Waals surface area contributed by atoms with Gasteiger partial charge >= 0.3 is 5.97 Å². The van der Waals surface area contributed by atoms with Gasteiger partial charge in [-0.1, -0.05) is 11.6 Å². The average Bonchev–Trinajstić information content (AvgIpc) is 3.26. The van der Waals surface area contributed by atoms with Gasteiger partial charge < -0.3 is 9.47 Å². The number of aromatic nitrogens is 5. The van der Waals surface area contributed by atoms with Crippen LogP contribution in [0, 0.1) is 0 Å². The van der Waals surface area contributed by atoms with Gasteiger partial charge in [0.05, 0.1) is 23.9 Å². The molecule has 0 saturated carbocycles. The summed E-state index contributed by atoms with van der Waals surface area (Å²) >= 11 is 6.24. The molecule has 2 aromatic carbocycles. The van der Waals surface area contributed by atoms with Crippen LogP contribution >= 0.6 is 11.6 Å². The van der Waals surface area contributed by atoms with Crippen molar-refractivity contribution in [1.29, 1.82) is 0 Å². The van der Waals surface area contributed by atoms with Crippen LogP contribution in [0.3, 0.4) is 0 Å². The van der Waals surface area contributed by atoms with Gasteiger partial charge in [-0.15, -0.1) is 5.10 Å². The van der Waals surface area contributed by atoms with Crippen molar-refractivity contribution in [2.45, 2.75) is 6.61 Å². The lowest BCUT2D eigenvalue weighted by molar-refractivity contribution is 0.0472. The summed E-state index contributed by atoms with van der Waals surface area (Å²) in [4.78, 5) is 16.7. The van der Waals surface area contributed by atoms with Gasteiger partial charge in [-0.05, 0) is 52.9 Å². The van der Waals surface area contributed by atoms with Gasteiger partial charge in [0, 0.05) is 17.0 Å². The van der Waals surface area contributed by atoms with E-state index < -0.39 is 5.97 Å². The van der Waals surface area contributed by atoms with Crippen molar-refractivity contribution in [2.24, 2.45) is 0 Å². The van der Waals surface area contributed by atoms with Crippen molar-refractivity contribution in [3.05, 3.63) is 71.1 Å². The van der Waals surface area contributed by atoms with Crippen molar-refractivity contribution in [2.75, 3.05) is 7.11 Å². The summed E-state index contributed by atoms with van der Waals surface area (Å²) in [5.41, 5.74) is 2.47. The van der Waals surface area contributed by atoms with Crippen LogP contribution in [-0.4, -0.2) is 38.3 Å².